The summed E-state index contributed by atoms with van der Waals surface area (Å²) in [7, 11) is 1.91. The quantitative estimate of drug-likeness (QED) is 0.869. The van der Waals surface area contributed by atoms with E-state index in [1.54, 1.807) is 12.3 Å². The maximum atomic E-state index is 10.9. The Hall–Kier alpha value is -2.37. The minimum atomic E-state index is -1.01. The minimum Gasteiger partial charge on any atom is -0.477 e. The maximum absolute atomic E-state index is 10.9. The van der Waals surface area contributed by atoms with Gasteiger partial charge in [-0.05, 0) is 25.5 Å². The van der Waals surface area contributed by atoms with Gasteiger partial charge in [0.25, 0.3) is 0 Å². The van der Waals surface area contributed by atoms with E-state index in [1.165, 1.54) is 6.07 Å². The van der Waals surface area contributed by atoms with Crippen LogP contribution in [0.1, 0.15) is 22.7 Å². The van der Waals surface area contributed by atoms with Crippen molar-refractivity contribution in [3.05, 3.63) is 42.1 Å². The lowest BCUT2D eigenvalue weighted by molar-refractivity contribution is 0.0690. The number of hydrogen-bond donors (Lipinski definition) is 1. The number of aryl methyl sites for hydroxylation is 2. The predicted molar refractivity (Wildman–Crippen MR) is 76.0 cm³/mol. The molecular weight excluding hydrogens is 256 g/mol. The third-order valence-electron chi connectivity index (χ3n) is 3.16. The second kappa shape index (κ2) is 6.18. The molecule has 2 aromatic heterocycles. The standard InChI is InChI=1S/C14H18N4O2/c1-11-15-7-10-18(11)9-4-8-17(2)13-6-3-5-12(16-13)14(19)20/h3,5-7,10H,4,8-9H2,1-2H3,(H,19,20). The number of anilines is 1. The monoisotopic (exact) mass is 274 g/mol. The summed E-state index contributed by atoms with van der Waals surface area (Å²) >= 11 is 0. The van der Waals surface area contributed by atoms with Crippen molar-refractivity contribution >= 4 is 11.8 Å². The molecule has 0 aliphatic carbocycles. The Morgan fingerprint density at radius 3 is 2.90 bits per heavy atom. The molecule has 106 valence electrons. The number of carboxylic acids is 1. The molecule has 0 aliphatic heterocycles. The molecule has 0 radical (unpaired) electrons. The van der Waals surface area contributed by atoms with Crippen molar-refractivity contribution in [2.24, 2.45) is 0 Å². The molecule has 2 aromatic rings. The Kier molecular flexibility index (Phi) is 4.34. The molecule has 0 bridgehead atoms. The first kappa shape index (κ1) is 14.0. The van der Waals surface area contributed by atoms with Crippen LogP contribution in [0.2, 0.25) is 0 Å². The van der Waals surface area contributed by atoms with E-state index in [2.05, 4.69) is 14.5 Å². The van der Waals surface area contributed by atoms with Gasteiger partial charge in [-0.3, -0.25) is 0 Å². The van der Waals surface area contributed by atoms with Gasteiger partial charge in [-0.25, -0.2) is 14.8 Å². The third kappa shape index (κ3) is 3.34. The average Bonchev–Trinajstić information content (AvgIpc) is 2.84. The topological polar surface area (TPSA) is 71.2 Å². The SMILES string of the molecule is Cc1nccn1CCCN(C)c1cccc(C(=O)O)n1. The Morgan fingerprint density at radius 2 is 2.25 bits per heavy atom. The van der Waals surface area contributed by atoms with Gasteiger partial charge in [0.1, 0.15) is 11.6 Å². The average molecular weight is 274 g/mol. The van der Waals surface area contributed by atoms with Gasteiger partial charge in [0.2, 0.25) is 0 Å². The molecule has 0 unspecified atom stereocenters. The number of pyridine rings is 1. The second-order valence-electron chi connectivity index (χ2n) is 4.63. The lowest BCUT2D eigenvalue weighted by atomic mass is 10.3. The lowest BCUT2D eigenvalue weighted by Gasteiger charge is -2.18. The van der Waals surface area contributed by atoms with Crippen LogP contribution in [0.5, 0.6) is 0 Å². The fourth-order valence-corrected chi connectivity index (χ4v) is 1.99. The van der Waals surface area contributed by atoms with Crippen LogP contribution in [0.25, 0.3) is 0 Å². The van der Waals surface area contributed by atoms with Crippen molar-refractivity contribution < 1.29 is 9.90 Å². The first-order valence-electron chi connectivity index (χ1n) is 6.47. The molecule has 1 N–H and O–H groups in total. The number of carboxylic acid groups (broad SMARTS) is 1. The van der Waals surface area contributed by atoms with E-state index in [-0.39, 0.29) is 5.69 Å². The van der Waals surface area contributed by atoms with Gasteiger partial charge >= 0.3 is 5.97 Å². The van der Waals surface area contributed by atoms with E-state index in [0.29, 0.717) is 5.82 Å². The van der Waals surface area contributed by atoms with Crippen LogP contribution in [-0.2, 0) is 6.54 Å². The summed E-state index contributed by atoms with van der Waals surface area (Å²) in [5.41, 5.74) is 0.0693. The molecule has 0 fully saturated rings. The van der Waals surface area contributed by atoms with Gasteiger partial charge in [0.15, 0.2) is 5.69 Å². The van der Waals surface area contributed by atoms with Crippen molar-refractivity contribution in [3.63, 3.8) is 0 Å². The molecule has 2 heterocycles. The summed E-state index contributed by atoms with van der Waals surface area (Å²) in [5.74, 6) is 0.667. The number of imidazole rings is 1. The number of carbonyl (C=O) groups is 1. The molecule has 0 saturated heterocycles. The highest BCUT2D eigenvalue weighted by Gasteiger charge is 2.08. The molecule has 2 rings (SSSR count). The zero-order valence-electron chi connectivity index (χ0n) is 11.7. The molecule has 6 heteroatoms. The highest BCUT2D eigenvalue weighted by molar-refractivity contribution is 5.85. The zero-order chi connectivity index (χ0) is 14.5. The molecule has 0 amide bonds. The van der Waals surface area contributed by atoms with E-state index < -0.39 is 5.97 Å². The highest BCUT2D eigenvalue weighted by atomic mass is 16.4. The van der Waals surface area contributed by atoms with E-state index in [4.69, 9.17) is 5.11 Å². The molecule has 20 heavy (non-hydrogen) atoms. The smallest absolute Gasteiger partial charge is 0.354 e. The number of aromatic carboxylic acids is 1. The van der Waals surface area contributed by atoms with Gasteiger partial charge in [-0.15, -0.1) is 0 Å². The second-order valence-corrected chi connectivity index (χ2v) is 4.63. The molecule has 0 spiro atoms. The Morgan fingerprint density at radius 1 is 1.45 bits per heavy atom. The van der Waals surface area contributed by atoms with Crippen LogP contribution in [0.4, 0.5) is 5.82 Å². The van der Waals surface area contributed by atoms with Crippen molar-refractivity contribution in [1.29, 1.82) is 0 Å². The largest absolute Gasteiger partial charge is 0.477 e. The number of nitrogens with zero attached hydrogens (tertiary/aromatic N) is 4. The minimum absolute atomic E-state index is 0.0693. The van der Waals surface area contributed by atoms with Gasteiger partial charge in [0, 0.05) is 32.5 Å². The molecule has 0 saturated carbocycles. The fraction of sp³-hybridized carbons (Fsp3) is 0.357. The predicted octanol–water partition coefficient (Wildman–Crippen LogP) is 1.81. The molecule has 0 atom stereocenters. The van der Waals surface area contributed by atoms with Crippen molar-refractivity contribution in [3.8, 4) is 0 Å². The Balaban J connectivity index is 1.91. The van der Waals surface area contributed by atoms with Crippen molar-refractivity contribution in [2.45, 2.75) is 19.9 Å². The van der Waals surface area contributed by atoms with Crippen LogP contribution in [-0.4, -0.2) is 39.2 Å². The Bertz CT molecular complexity index is 594. The van der Waals surface area contributed by atoms with Crippen LogP contribution >= 0.6 is 0 Å². The summed E-state index contributed by atoms with van der Waals surface area (Å²) in [4.78, 5) is 21.1. The summed E-state index contributed by atoms with van der Waals surface area (Å²) in [5, 5.41) is 8.93. The van der Waals surface area contributed by atoms with E-state index in [9.17, 15) is 4.79 Å². The number of hydrogen-bond acceptors (Lipinski definition) is 4. The van der Waals surface area contributed by atoms with Gasteiger partial charge in [-0.1, -0.05) is 6.07 Å². The summed E-state index contributed by atoms with van der Waals surface area (Å²) < 4.78 is 2.09. The summed E-state index contributed by atoms with van der Waals surface area (Å²) in [6, 6.07) is 5.02. The van der Waals surface area contributed by atoms with Gasteiger partial charge in [-0.2, -0.15) is 0 Å². The summed E-state index contributed by atoms with van der Waals surface area (Å²) in [6.45, 7) is 3.66. The highest BCUT2D eigenvalue weighted by Crippen LogP contribution is 2.10. The summed E-state index contributed by atoms with van der Waals surface area (Å²) in [6.07, 6.45) is 4.68. The van der Waals surface area contributed by atoms with Crippen LogP contribution < -0.4 is 4.90 Å². The number of aromatic nitrogens is 3. The van der Waals surface area contributed by atoms with E-state index in [1.807, 2.05) is 31.1 Å². The first-order valence-corrected chi connectivity index (χ1v) is 6.47. The van der Waals surface area contributed by atoms with E-state index in [0.717, 1.165) is 25.3 Å². The fourth-order valence-electron chi connectivity index (χ4n) is 1.99. The normalized spacial score (nSPS) is 10.5. The maximum Gasteiger partial charge on any atom is 0.354 e. The lowest BCUT2D eigenvalue weighted by Crippen LogP contribution is -2.21. The third-order valence-corrected chi connectivity index (χ3v) is 3.16. The van der Waals surface area contributed by atoms with Crippen LogP contribution in [0.15, 0.2) is 30.6 Å². The molecular formula is C14H18N4O2. The van der Waals surface area contributed by atoms with Crippen LogP contribution in [0, 0.1) is 6.92 Å². The molecule has 6 nitrogen and oxygen atoms in total. The van der Waals surface area contributed by atoms with Gasteiger partial charge < -0.3 is 14.6 Å². The van der Waals surface area contributed by atoms with Crippen molar-refractivity contribution in [2.75, 3.05) is 18.5 Å². The molecule has 0 aliphatic rings. The molecule has 0 aromatic carbocycles. The van der Waals surface area contributed by atoms with E-state index >= 15 is 0 Å². The zero-order valence-corrected chi connectivity index (χ0v) is 11.7. The number of rotatable bonds is 6. The first-order chi connectivity index (χ1) is 9.58. The van der Waals surface area contributed by atoms with Crippen LogP contribution in [0.3, 0.4) is 0 Å². The van der Waals surface area contributed by atoms with Gasteiger partial charge in [0.05, 0.1) is 0 Å². The van der Waals surface area contributed by atoms with Crippen molar-refractivity contribution in [1.82, 2.24) is 14.5 Å². The Labute approximate surface area is 117 Å².